The van der Waals surface area contributed by atoms with Crippen molar-refractivity contribution >= 4 is 11.4 Å². The van der Waals surface area contributed by atoms with Crippen LogP contribution in [0, 0.1) is 23.0 Å². The van der Waals surface area contributed by atoms with Crippen molar-refractivity contribution in [3.8, 4) is 0 Å². The fraction of sp³-hybridized carbons (Fsp3) is 0.600. The number of hydrogen-bond acceptors (Lipinski definition) is 3. The molecule has 0 unspecified atom stereocenters. The third-order valence-electron chi connectivity index (χ3n) is 4.20. The van der Waals surface area contributed by atoms with Gasteiger partial charge < -0.3 is 5.32 Å². The number of nitro benzene ring substituents is 1. The third kappa shape index (κ3) is 3.25. The molecule has 1 aliphatic carbocycles. The van der Waals surface area contributed by atoms with Gasteiger partial charge in [0.15, 0.2) is 0 Å². The Morgan fingerprint density at radius 2 is 2.00 bits per heavy atom. The molecule has 1 aromatic rings. The molecule has 0 bridgehead atoms. The number of para-hydroxylation sites is 1. The van der Waals surface area contributed by atoms with Crippen molar-refractivity contribution in [2.75, 3.05) is 5.32 Å². The Bertz CT molecular complexity index is 451. The number of nitrogens with one attached hydrogen (secondary N) is 1. The molecule has 0 atom stereocenters. The number of nitrogens with zero attached hydrogens (tertiary/aromatic N) is 1. The summed E-state index contributed by atoms with van der Waals surface area (Å²) < 4.78 is 0. The zero-order valence-corrected chi connectivity index (χ0v) is 11.7. The van der Waals surface area contributed by atoms with Crippen LogP contribution in [0.5, 0.6) is 0 Å². The van der Waals surface area contributed by atoms with Gasteiger partial charge in [0.1, 0.15) is 5.69 Å². The van der Waals surface area contributed by atoms with E-state index in [0.29, 0.717) is 11.7 Å². The van der Waals surface area contributed by atoms with Gasteiger partial charge in [0.25, 0.3) is 5.69 Å². The lowest BCUT2D eigenvalue weighted by molar-refractivity contribution is -0.384. The summed E-state index contributed by atoms with van der Waals surface area (Å²) in [6.45, 7) is 4.03. The minimum absolute atomic E-state index is 0.222. The normalized spacial score (nSPS) is 23.1. The molecule has 2 rings (SSSR count). The minimum Gasteiger partial charge on any atom is -0.377 e. The van der Waals surface area contributed by atoms with Crippen LogP contribution in [-0.2, 0) is 0 Å². The lowest BCUT2D eigenvalue weighted by Crippen LogP contribution is -2.26. The number of benzene rings is 1. The number of rotatable bonds is 4. The standard InChI is InChI=1S/C15H22N2O2/c1-3-12-7-9-13(10-8-12)16-14-6-4-5-11(2)15(14)17(18)19/h4-6,12-13,16H,3,7-10H2,1-2H3. The van der Waals surface area contributed by atoms with E-state index in [2.05, 4.69) is 12.2 Å². The maximum Gasteiger partial charge on any atom is 0.295 e. The average Bonchev–Trinajstić information content (AvgIpc) is 2.39. The largest absolute Gasteiger partial charge is 0.377 e. The molecule has 0 aromatic heterocycles. The van der Waals surface area contributed by atoms with Gasteiger partial charge >= 0.3 is 0 Å². The fourth-order valence-electron chi connectivity index (χ4n) is 2.95. The Morgan fingerprint density at radius 1 is 1.32 bits per heavy atom. The monoisotopic (exact) mass is 262 g/mol. The van der Waals surface area contributed by atoms with Crippen LogP contribution in [0.3, 0.4) is 0 Å². The summed E-state index contributed by atoms with van der Waals surface area (Å²) in [4.78, 5) is 10.9. The molecule has 1 saturated carbocycles. The second kappa shape index (κ2) is 6.04. The van der Waals surface area contributed by atoms with Gasteiger partial charge in [-0.05, 0) is 44.6 Å². The summed E-state index contributed by atoms with van der Waals surface area (Å²) in [5.41, 5.74) is 1.61. The molecule has 0 heterocycles. The van der Waals surface area contributed by atoms with E-state index in [1.165, 1.54) is 19.3 Å². The Balaban J connectivity index is 2.08. The maximum absolute atomic E-state index is 11.1. The summed E-state index contributed by atoms with van der Waals surface area (Å²) in [6.07, 6.45) is 5.94. The molecule has 0 spiro atoms. The van der Waals surface area contributed by atoms with Gasteiger partial charge in [0, 0.05) is 11.6 Å². The van der Waals surface area contributed by atoms with Crippen LogP contribution in [0.1, 0.15) is 44.6 Å². The molecule has 104 valence electrons. The molecule has 0 aliphatic heterocycles. The Hall–Kier alpha value is -1.58. The molecule has 4 heteroatoms. The number of hydrogen-bond donors (Lipinski definition) is 1. The molecule has 19 heavy (non-hydrogen) atoms. The molecule has 1 aliphatic rings. The smallest absolute Gasteiger partial charge is 0.295 e. The second-order valence-corrected chi connectivity index (χ2v) is 5.50. The van der Waals surface area contributed by atoms with Crippen LogP contribution in [-0.4, -0.2) is 11.0 Å². The molecule has 1 aromatic carbocycles. The van der Waals surface area contributed by atoms with E-state index in [4.69, 9.17) is 0 Å². The summed E-state index contributed by atoms with van der Waals surface area (Å²) in [5, 5.41) is 14.5. The molecular formula is C15H22N2O2. The number of nitro groups is 1. The van der Waals surface area contributed by atoms with Crippen molar-refractivity contribution in [3.05, 3.63) is 33.9 Å². The van der Waals surface area contributed by atoms with Crippen molar-refractivity contribution in [1.82, 2.24) is 0 Å². The summed E-state index contributed by atoms with van der Waals surface area (Å²) in [5.74, 6) is 0.838. The fourth-order valence-corrected chi connectivity index (χ4v) is 2.95. The topological polar surface area (TPSA) is 55.2 Å². The highest BCUT2D eigenvalue weighted by Crippen LogP contribution is 2.32. The predicted molar refractivity (Wildman–Crippen MR) is 77.5 cm³/mol. The average molecular weight is 262 g/mol. The van der Waals surface area contributed by atoms with E-state index in [1.807, 2.05) is 12.1 Å². The third-order valence-corrected chi connectivity index (χ3v) is 4.20. The highest BCUT2D eigenvalue weighted by molar-refractivity contribution is 5.65. The molecular weight excluding hydrogens is 240 g/mol. The first-order valence-electron chi connectivity index (χ1n) is 7.12. The van der Waals surface area contributed by atoms with Gasteiger partial charge in [-0.25, -0.2) is 0 Å². The van der Waals surface area contributed by atoms with Gasteiger partial charge in [-0.2, -0.15) is 0 Å². The van der Waals surface area contributed by atoms with E-state index >= 15 is 0 Å². The SMILES string of the molecule is CCC1CCC(Nc2cccc(C)c2[N+](=O)[O-])CC1. The van der Waals surface area contributed by atoms with E-state index in [-0.39, 0.29) is 10.6 Å². The zero-order chi connectivity index (χ0) is 13.8. The van der Waals surface area contributed by atoms with Crippen molar-refractivity contribution < 1.29 is 4.92 Å². The quantitative estimate of drug-likeness (QED) is 0.650. The number of aryl methyl sites for hydroxylation is 1. The first kappa shape index (κ1) is 13.8. The van der Waals surface area contributed by atoms with Crippen molar-refractivity contribution in [2.45, 2.75) is 52.0 Å². The first-order chi connectivity index (χ1) is 9.11. The Labute approximate surface area is 114 Å². The molecule has 0 radical (unpaired) electrons. The van der Waals surface area contributed by atoms with E-state index in [1.54, 1.807) is 13.0 Å². The number of anilines is 1. The van der Waals surface area contributed by atoms with E-state index in [9.17, 15) is 10.1 Å². The molecule has 0 amide bonds. The Morgan fingerprint density at radius 3 is 2.58 bits per heavy atom. The highest BCUT2D eigenvalue weighted by atomic mass is 16.6. The summed E-state index contributed by atoms with van der Waals surface area (Å²) >= 11 is 0. The van der Waals surface area contributed by atoms with Gasteiger partial charge in [0.05, 0.1) is 4.92 Å². The molecule has 0 saturated heterocycles. The van der Waals surface area contributed by atoms with Crippen LogP contribution in [0.2, 0.25) is 0 Å². The van der Waals surface area contributed by atoms with Crippen molar-refractivity contribution in [1.29, 1.82) is 0 Å². The maximum atomic E-state index is 11.1. The Kier molecular flexibility index (Phi) is 4.40. The van der Waals surface area contributed by atoms with Crippen LogP contribution in [0.15, 0.2) is 18.2 Å². The molecule has 1 N–H and O–H groups in total. The minimum atomic E-state index is -0.282. The summed E-state index contributed by atoms with van der Waals surface area (Å²) in [6, 6.07) is 5.86. The second-order valence-electron chi connectivity index (χ2n) is 5.50. The van der Waals surface area contributed by atoms with Gasteiger partial charge in [-0.1, -0.05) is 25.5 Å². The predicted octanol–water partition coefficient (Wildman–Crippen LogP) is 4.28. The van der Waals surface area contributed by atoms with Gasteiger partial charge in [-0.3, -0.25) is 10.1 Å². The van der Waals surface area contributed by atoms with Gasteiger partial charge in [-0.15, -0.1) is 0 Å². The lowest BCUT2D eigenvalue weighted by Gasteiger charge is -2.29. The van der Waals surface area contributed by atoms with Crippen molar-refractivity contribution in [3.63, 3.8) is 0 Å². The van der Waals surface area contributed by atoms with Crippen molar-refractivity contribution in [2.24, 2.45) is 5.92 Å². The zero-order valence-electron chi connectivity index (χ0n) is 11.7. The van der Waals surface area contributed by atoms with Gasteiger partial charge in [0.2, 0.25) is 0 Å². The lowest BCUT2D eigenvalue weighted by atomic mass is 9.84. The molecule has 1 fully saturated rings. The van der Waals surface area contributed by atoms with Crippen LogP contribution < -0.4 is 5.32 Å². The highest BCUT2D eigenvalue weighted by Gasteiger charge is 2.23. The van der Waals surface area contributed by atoms with Crippen LogP contribution in [0.4, 0.5) is 11.4 Å². The first-order valence-corrected chi connectivity index (χ1v) is 7.12. The van der Waals surface area contributed by atoms with Crippen LogP contribution >= 0.6 is 0 Å². The van der Waals surface area contributed by atoms with E-state index in [0.717, 1.165) is 24.3 Å². The van der Waals surface area contributed by atoms with Crippen LogP contribution in [0.25, 0.3) is 0 Å². The van der Waals surface area contributed by atoms with E-state index < -0.39 is 0 Å². The summed E-state index contributed by atoms with van der Waals surface area (Å²) in [7, 11) is 0. The molecule has 4 nitrogen and oxygen atoms in total.